The Morgan fingerprint density at radius 1 is 1.48 bits per heavy atom. The molecular formula is C15H17ClN4S. The van der Waals surface area contributed by atoms with Crippen molar-refractivity contribution >= 4 is 39.5 Å². The third-order valence-electron chi connectivity index (χ3n) is 2.78. The van der Waals surface area contributed by atoms with E-state index in [0.717, 1.165) is 23.0 Å². The van der Waals surface area contributed by atoms with E-state index in [4.69, 9.17) is 22.7 Å². The first-order valence-corrected chi connectivity index (χ1v) is 7.82. The number of nitrogens with two attached hydrogens (primary N) is 1. The monoisotopic (exact) mass is 320 g/mol. The third kappa shape index (κ3) is 4.06. The Kier molecular flexibility index (Phi) is 5.36. The quantitative estimate of drug-likeness (QED) is 0.704. The number of hydrogen-bond acceptors (Lipinski definition) is 5. The molecule has 0 radical (unpaired) electrons. The molecule has 0 fully saturated rings. The van der Waals surface area contributed by atoms with Crippen molar-refractivity contribution in [2.75, 3.05) is 11.9 Å². The van der Waals surface area contributed by atoms with Crippen LogP contribution in [0.3, 0.4) is 0 Å². The van der Waals surface area contributed by atoms with Crippen molar-refractivity contribution in [3.63, 3.8) is 0 Å². The van der Waals surface area contributed by atoms with Crippen molar-refractivity contribution in [2.24, 2.45) is 5.73 Å². The van der Waals surface area contributed by atoms with E-state index in [1.165, 1.54) is 11.3 Å². The summed E-state index contributed by atoms with van der Waals surface area (Å²) in [5.74, 6) is 0. The number of allylic oxidation sites excluding steroid dienone is 1. The van der Waals surface area contributed by atoms with Crippen molar-refractivity contribution in [3.05, 3.63) is 52.0 Å². The Balaban J connectivity index is 2.15. The molecule has 4 N–H and O–H groups in total. The SMILES string of the molecule is CCCNc1ncc(C(N)=CC(=N)c2ccccc2Cl)s1. The van der Waals surface area contributed by atoms with Gasteiger partial charge in [-0.15, -0.1) is 0 Å². The summed E-state index contributed by atoms with van der Waals surface area (Å²) < 4.78 is 0. The summed E-state index contributed by atoms with van der Waals surface area (Å²) in [4.78, 5) is 5.10. The fourth-order valence-electron chi connectivity index (χ4n) is 1.71. The zero-order valence-corrected chi connectivity index (χ0v) is 13.3. The summed E-state index contributed by atoms with van der Waals surface area (Å²) >= 11 is 7.56. The van der Waals surface area contributed by atoms with Crippen LogP contribution in [0.1, 0.15) is 23.8 Å². The van der Waals surface area contributed by atoms with Gasteiger partial charge in [0, 0.05) is 23.3 Å². The number of nitrogens with one attached hydrogen (secondary N) is 2. The van der Waals surface area contributed by atoms with Crippen LogP contribution in [0.4, 0.5) is 5.13 Å². The number of halogens is 1. The summed E-state index contributed by atoms with van der Waals surface area (Å²) in [6.07, 6.45) is 4.37. The molecule has 0 saturated heterocycles. The first-order chi connectivity index (χ1) is 10.1. The van der Waals surface area contributed by atoms with Crippen LogP contribution in [0.25, 0.3) is 5.70 Å². The summed E-state index contributed by atoms with van der Waals surface area (Å²) in [5, 5.41) is 12.7. The number of rotatable bonds is 6. The van der Waals surface area contributed by atoms with Crippen LogP contribution in [-0.4, -0.2) is 17.2 Å². The summed E-state index contributed by atoms with van der Waals surface area (Å²) in [6.45, 7) is 2.98. The number of hydrogen-bond donors (Lipinski definition) is 3. The second-order valence-electron chi connectivity index (χ2n) is 4.45. The van der Waals surface area contributed by atoms with Crippen LogP contribution in [0, 0.1) is 5.41 Å². The minimum absolute atomic E-state index is 0.287. The molecule has 1 heterocycles. The molecule has 0 unspecified atom stereocenters. The molecule has 0 aliphatic carbocycles. The lowest BCUT2D eigenvalue weighted by Gasteiger charge is -2.03. The van der Waals surface area contributed by atoms with Crippen molar-refractivity contribution in [1.29, 1.82) is 5.41 Å². The standard InChI is InChI=1S/C15H17ClN4S/c1-2-7-19-15-20-9-14(21-15)13(18)8-12(17)10-5-3-4-6-11(10)16/h3-6,8-9,17H,2,7,18H2,1H3,(H,19,20). The van der Waals surface area contributed by atoms with Gasteiger partial charge in [-0.05, 0) is 18.6 Å². The molecule has 0 bridgehead atoms. The van der Waals surface area contributed by atoms with E-state index in [0.29, 0.717) is 16.3 Å². The lowest BCUT2D eigenvalue weighted by Crippen LogP contribution is -2.01. The molecular weight excluding hydrogens is 304 g/mol. The normalized spacial score (nSPS) is 11.4. The number of aromatic nitrogens is 1. The maximum Gasteiger partial charge on any atom is 0.183 e. The van der Waals surface area contributed by atoms with Crippen molar-refractivity contribution < 1.29 is 0 Å². The van der Waals surface area contributed by atoms with Gasteiger partial charge in [0.2, 0.25) is 0 Å². The smallest absolute Gasteiger partial charge is 0.183 e. The molecule has 2 rings (SSSR count). The van der Waals surface area contributed by atoms with Gasteiger partial charge in [-0.3, -0.25) is 0 Å². The van der Waals surface area contributed by atoms with Crippen molar-refractivity contribution in [3.8, 4) is 0 Å². The van der Waals surface area contributed by atoms with E-state index >= 15 is 0 Å². The molecule has 21 heavy (non-hydrogen) atoms. The van der Waals surface area contributed by atoms with Gasteiger partial charge in [0.1, 0.15) is 0 Å². The zero-order valence-electron chi connectivity index (χ0n) is 11.7. The highest BCUT2D eigenvalue weighted by Crippen LogP contribution is 2.23. The predicted octanol–water partition coefficient (Wildman–Crippen LogP) is 3.99. The van der Waals surface area contributed by atoms with Gasteiger partial charge in [-0.25, -0.2) is 4.98 Å². The lowest BCUT2D eigenvalue weighted by atomic mass is 10.1. The van der Waals surface area contributed by atoms with Gasteiger partial charge in [-0.2, -0.15) is 0 Å². The first-order valence-electron chi connectivity index (χ1n) is 6.62. The number of thiazole rings is 1. The minimum Gasteiger partial charge on any atom is -0.397 e. The minimum atomic E-state index is 0.287. The molecule has 1 aromatic carbocycles. The second kappa shape index (κ2) is 7.24. The van der Waals surface area contributed by atoms with Crippen LogP contribution in [0.2, 0.25) is 5.02 Å². The summed E-state index contributed by atoms with van der Waals surface area (Å²) in [5.41, 5.74) is 7.51. The zero-order chi connectivity index (χ0) is 15.2. The molecule has 0 aliphatic heterocycles. The Labute approximate surface area is 133 Å². The Morgan fingerprint density at radius 3 is 2.95 bits per heavy atom. The molecule has 0 spiro atoms. The van der Waals surface area contributed by atoms with Gasteiger partial charge in [0.15, 0.2) is 5.13 Å². The maximum atomic E-state index is 8.10. The molecule has 4 nitrogen and oxygen atoms in total. The highest BCUT2D eigenvalue weighted by Gasteiger charge is 2.07. The van der Waals surface area contributed by atoms with E-state index in [2.05, 4.69) is 17.2 Å². The van der Waals surface area contributed by atoms with Crippen LogP contribution in [0.5, 0.6) is 0 Å². The fourth-order valence-corrected chi connectivity index (χ4v) is 2.71. The largest absolute Gasteiger partial charge is 0.397 e. The van der Waals surface area contributed by atoms with Crippen LogP contribution in [0.15, 0.2) is 36.5 Å². The number of benzene rings is 1. The highest BCUT2D eigenvalue weighted by molar-refractivity contribution is 7.16. The van der Waals surface area contributed by atoms with Crippen LogP contribution in [-0.2, 0) is 0 Å². The summed E-state index contributed by atoms with van der Waals surface area (Å²) in [7, 11) is 0. The van der Waals surface area contributed by atoms with Gasteiger partial charge >= 0.3 is 0 Å². The molecule has 0 aliphatic rings. The maximum absolute atomic E-state index is 8.10. The van der Waals surface area contributed by atoms with Crippen LogP contribution >= 0.6 is 22.9 Å². The molecule has 0 amide bonds. The molecule has 2 aromatic rings. The molecule has 0 atom stereocenters. The predicted molar refractivity (Wildman–Crippen MR) is 91.3 cm³/mol. The topological polar surface area (TPSA) is 74.8 Å². The van der Waals surface area contributed by atoms with E-state index in [-0.39, 0.29) is 5.71 Å². The highest BCUT2D eigenvalue weighted by atomic mass is 35.5. The molecule has 6 heteroatoms. The van der Waals surface area contributed by atoms with E-state index in [1.54, 1.807) is 24.4 Å². The van der Waals surface area contributed by atoms with Gasteiger partial charge in [-0.1, -0.05) is 48.1 Å². The number of anilines is 1. The second-order valence-corrected chi connectivity index (χ2v) is 5.89. The average Bonchev–Trinajstić information content (AvgIpc) is 2.94. The molecule has 1 aromatic heterocycles. The van der Waals surface area contributed by atoms with Crippen molar-refractivity contribution in [1.82, 2.24) is 4.98 Å². The Bertz CT molecular complexity index is 663. The molecule has 110 valence electrons. The fraction of sp³-hybridized carbons (Fsp3) is 0.200. The number of nitrogens with zero attached hydrogens (tertiary/aromatic N) is 1. The summed E-state index contributed by atoms with van der Waals surface area (Å²) in [6, 6.07) is 7.24. The van der Waals surface area contributed by atoms with Crippen LogP contribution < -0.4 is 11.1 Å². The van der Waals surface area contributed by atoms with E-state index in [1.807, 2.05) is 12.1 Å². The molecule has 0 saturated carbocycles. The van der Waals surface area contributed by atoms with Gasteiger partial charge in [0.05, 0.1) is 16.3 Å². The lowest BCUT2D eigenvalue weighted by molar-refractivity contribution is 0.976. The average molecular weight is 321 g/mol. The van der Waals surface area contributed by atoms with E-state index < -0.39 is 0 Å². The Morgan fingerprint density at radius 2 is 2.24 bits per heavy atom. The van der Waals surface area contributed by atoms with Gasteiger partial charge in [0.25, 0.3) is 0 Å². The Hall–Kier alpha value is -1.85. The van der Waals surface area contributed by atoms with Gasteiger partial charge < -0.3 is 16.5 Å². The van der Waals surface area contributed by atoms with E-state index in [9.17, 15) is 0 Å². The third-order valence-corrected chi connectivity index (χ3v) is 4.11. The first kappa shape index (κ1) is 15.5. The van der Waals surface area contributed by atoms with Crippen molar-refractivity contribution in [2.45, 2.75) is 13.3 Å².